The van der Waals surface area contributed by atoms with Gasteiger partial charge in [0.25, 0.3) is 0 Å². The van der Waals surface area contributed by atoms with Crippen LogP contribution < -0.4 is 15.9 Å². The number of nitrogens with one attached hydrogen (secondary N) is 1. The monoisotopic (exact) mass is 425 g/mol. The lowest BCUT2D eigenvalue weighted by Crippen LogP contribution is -2.36. The molecule has 1 aliphatic heterocycles. The number of benzene rings is 4. The van der Waals surface area contributed by atoms with E-state index in [2.05, 4.69) is 55.6 Å². The van der Waals surface area contributed by atoms with Gasteiger partial charge in [0.15, 0.2) is 7.14 Å². The Kier molecular flexibility index (Phi) is 5.20. The zero-order valence-electron chi connectivity index (χ0n) is 18.0. The molecule has 1 N–H and O–H groups in total. The molecule has 4 aromatic carbocycles. The average molecular weight is 426 g/mol. The molecule has 31 heavy (non-hydrogen) atoms. The van der Waals surface area contributed by atoms with Gasteiger partial charge in [-0.3, -0.25) is 0 Å². The van der Waals surface area contributed by atoms with E-state index in [-0.39, 0.29) is 5.78 Å². The molecule has 5 rings (SSSR count). The van der Waals surface area contributed by atoms with E-state index >= 15 is 0 Å². The third kappa shape index (κ3) is 3.40. The summed E-state index contributed by atoms with van der Waals surface area (Å²) < 4.78 is 15.0. The second-order valence-electron chi connectivity index (χ2n) is 8.82. The molecule has 2 atom stereocenters. The molecular formula is C28H28NOP. The largest absolute Gasteiger partial charge is 0.375 e. The van der Waals surface area contributed by atoms with Crippen molar-refractivity contribution in [1.29, 1.82) is 0 Å². The molecule has 2 nitrogen and oxygen atoms in total. The molecule has 1 heterocycles. The molecule has 0 bridgehead atoms. The maximum Gasteiger partial charge on any atom is 0.164 e. The van der Waals surface area contributed by atoms with Crippen LogP contribution in [0, 0.1) is 5.92 Å². The molecule has 2 unspecified atom stereocenters. The van der Waals surface area contributed by atoms with E-state index in [1.807, 2.05) is 60.7 Å². The summed E-state index contributed by atoms with van der Waals surface area (Å²) in [5, 5.41) is 8.16. The number of hydrogen-bond donors (Lipinski definition) is 1. The summed E-state index contributed by atoms with van der Waals surface area (Å²) in [5.41, 5.74) is 2.50. The van der Waals surface area contributed by atoms with Crippen LogP contribution in [0.1, 0.15) is 31.7 Å². The van der Waals surface area contributed by atoms with Crippen molar-refractivity contribution in [2.24, 2.45) is 5.92 Å². The van der Waals surface area contributed by atoms with Gasteiger partial charge in [-0.15, -0.1) is 0 Å². The highest BCUT2D eigenvalue weighted by atomic mass is 31.2. The van der Waals surface area contributed by atoms with Crippen molar-refractivity contribution < 1.29 is 4.57 Å². The molecule has 4 aromatic rings. The van der Waals surface area contributed by atoms with Gasteiger partial charge in [0.2, 0.25) is 0 Å². The van der Waals surface area contributed by atoms with E-state index in [1.165, 1.54) is 16.3 Å². The lowest BCUT2D eigenvalue weighted by atomic mass is 9.80. The number of hydrogen-bond acceptors (Lipinski definition) is 2. The molecule has 0 saturated heterocycles. The fraction of sp³-hybridized carbons (Fsp3) is 0.214. The van der Waals surface area contributed by atoms with Crippen LogP contribution in [0.15, 0.2) is 97.1 Å². The molecule has 0 spiro atoms. The average Bonchev–Trinajstić information content (AvgIpc) is 2.83. The quantitative estimate of drug-likeness (QED) is 0.367. The molecule has 0 fully saturated rings. The van der Waals surface area contributed by atoms with Crippen LogP contribution in [-0.2, 0) is 4.57 Å². The smallest absolute Gasteiger partial charge is 0.164 e. The van der Waals surface area contributed by atoms with Crippen molar-refractivity contribution in [2.75, 3.05) is 5.32 Å². The van der Waals surface area contributed by atoms with Crippen LogP contribution in [0.5, 0.6) is 0 Å². The van der Waals surface area contributed by atoms with Gasteiger partial charge in [-0.1, -0.05) is 105 Å². The summed E-state index contributed by atoms with van der Waals surface area (Å²) in [5.74, 6) is 0.653. The first-order chi connectivity index (χ1) is 15.1. The van der Waals surface area contributed by atoms with E-state index in [0.29, 0.717) is 11.8 Å². The van der Waals surface area contributed by atoms with E-state index in [1.54, 1.807) is 0 Å². The van der Waals surface area contributed by atoms with Gasteiger partial charge in [0, 0.05) is 16.3 Å². The first kappa shape index (κ1) is 20.1. The van der Waals surface area contributed by atoms with Gasteiger partial charge in [0.05, 0.1) is 5.78 Å². The van der Waals surface area contributed by atoms with Gasteiger partial charge in [0.1, 0.15) is 0 Å². The van der Waals surface area contributed by atoms with Gasteiger partial charge < -0.3 is 9.88 Å². The van der Waals surface area contributed by atoms with Crippen LogP contribution >= 0.6 is 7.14 Å². The summed E-state index contributed by atoms with van der Waals surface area (Å²) in [6, 6.07) is 33.0. The molecule has 0 radical (unpaired) electrons. The number of rotatable bonds is 4. The molecule has 0 aromatic heterocycles. The molecule has 3 heteroatoms. The fourth-order valence-corrected chi connectivity index (χ4v) is 8.16. The predicted molar refractivity (Wildman–Crippen MR) is 133 cm³/mol. The first-order valence-electron chi connectivity index (χ1n) is 11.1. The van der Waals surface area contributed by atoms with Gasteiger partial charge in [-0.2, -0.15) is 0 Å². The zero-order chi connectivity index (χ0) is 21.4. The van der Waals surface area contributed by atoms with E-state index < -0.39 is 7.14 Å². The Labute approximate surface area is 184 Å². The maximum atomic E-state index is 15.0. The number of anilines is 1. The highest BCUT2D eigenvalue weighted by Gasteiger charge is 2.42. The molecule has 1 aliphatic rings. The molecule has 156 valence electrons. The van der Waals surface area contributed by atoms with E-state index in [0.717, 1.165) is 22.7 Å². The number of fused-ring (bicyclic) bond motifs is 3. The van der Waals surface area contributed by atoms with Gasteiger partial charge in [-0.25, -0.2) is 0 Å². The fourth-order valence-electron chi connectivity index (χ4n) is 5.07. The summed E-state index contributed by atoms with van der Waals surface area (Å²) in [6.45, 7) is 4.57. The Balaban J connectivity index is 1.70. The molecule has 0 saturated carbocycles. The Morgan fingerprint density at radius 3 is 1.97 bits per heavy atom. The first-order valence-corrected chi connectivity index (χ1v) is 12.9. The predicted octanol–water partition coefficient (Wildman–Crippen LogP) is 6.74. The van der Waals surface area contributed by atoms with Crippen molar-refractivity contribution in [2.45, 2.75) is 32.0 Å². The SMILES string of the molecule is CC(C)C1CC(P(=O)(c2ccccc2)c2ccccc2)Nc2ccc3ccccc3c21. The zero-order valence-corrected chi connectivity index (χ0v) is 18.9. The van der Waals surface area contributed by atoms with Gasteiger partial charge in [-0.05, 0) is 40.7 Å². The molecule has 0 aliphatic carbocycles. The van der Waals surface area contributed by atoms with Crippen molar-refractivity contribution in [3.05, 3.63) is 103 Å². The topological polar surface area (TPSA) is 29.1 Å². The Hall–Kier alpha value is -2.83. The maximum absolute atomic E-state index is 15.0. The minimum atomic E-state index is -2.90. The van der Waals surface area contributed by atoms with Crippen LogP contribution in [0.2, 0.25) is 0 Å². The summed E-state index contributed by atoms with van der Waals surface area (Å²) >= 11 is 0. The highest BCUT2D eigenvalue weighted by Crippen LogP contribution is 2.56. The van der Waals surface area contributed by atoms with Crippen LogP contribution in [0.4, 0.5) is 5.69 Å². The van der Waals surface area contributed by atoms with Crippen molar-refractivity contribution in [3.63, 3.8) is 0 Å². The third-order valence-electron chi connectivity index (χ3n) is 6.66. The van der Waals surface area contributed by atoms with Crippen molar-refractivity contribution in [1.82, 2.24) is 0 Å². The highest BCUT2D eigenvalue weighted by molar-refractivity contribution is 7.79. The second kappa shape index (κ2) is 8.02. The van der Waals surface area contributed by atoms with Gasteiger partial charge >= 0.3 is 0 Å². The Bertz CT molecular complexity index is 1210. The van der Waals surface area contributed by atoms with Crippen LogP contribution in [0.25, 0.3) is 10.8 Å². The standard InChI is InChI=1S/C28H28NOP/c1-20(2)25-19-27(29-26-18-17-21-11-9-10-16-24(21)28(25)26)31(30,22-12-5-3-6-13-22)23-14-7-4-8-15-23/h3-18,20,25,27,29H,19H2,1-2H3. The Morgan fingerprint density at radius 2 is 1.35 bits per heavy atom. The second-order valence-corrected chi connectivity index (χ2v) is 11.8. The minimum Gasteiger partial charge on any atom is -0.375 e. The van der Waals surface area contributed by atoms with Crippen LogP contribution in [0.3, 0.4) is 0 Å². The molecular weight excluding hydrogens is 397 g/mol. The summed E-state index contributed by atoms with van der Waals surface area (Å²) in [7, 11) is -2.90. The Morgan fingerprint density at radius 1 is 0.774 bits per heavy atom. The molecule has 0 amide bonds. The minimum absolute atomic E-state index is 0.140. The van der Waals surface area contributed by atoms with E-state index in [9.17, 15) is 4.57 Å². The lowest BCUT2D eigenvalue weighted by Gasteiger charge is -2.40. The summed E-state index contributed by atoms with van der Waals surface area (Å²) in [6.07, 6.45) is 0.847. The summed E-state index contributed by atoms with van der Waals surface area (Å²) in [4.78, 5) is 0. The van der Waals surface area contributed by atoms with Crippen LogP contribution in [-0.4, -0.2) is 5.78 Å². The third-order valence-corrected chi connectivity index (χ3v) is 10.0. The van der Waals surface area contributed by atoms with E-state index in [4.69, 9.17) is 0 Å². The lowest BCUT2D eigenvalue weighted by molar-refractivity contribution is 0.455. The normalized spacial score (nSPS) is 18.5. The van der Waals surface area contributed by atoms with Crippen molar-refractivity contribution >= 4 is 34.2 Å². The van der Waals surface area contributed by atoms with Crippen molar-refractivity contribution in [3.8, 4) is 0 Å².